The number of carbonyl (C=O) groups is 2. The van der Waals surface area contributed by atoms with Gasteiger partial charge in [-0.1, -0.05) is 378 Å². The molecule has 6 nitrogen and oxygen atoms in total. The fourth-order valence-electron chi connectivity index (χ4n) is 12.0. The Morgan fingerprint density at radius 3 is 0.890 bits per heavy atom. The van der Waals surface area contributed by atoms with Gasteiger partial charge in [0.1, 0.15) is 0 Å². The van der Waals surface area contributed by atoms with Gasteiger partial charge in [-0.3, -0.25) is 9.59 Å². The van der Waals surface area contributed by atoms with Crippen LogP contribution in [0.5, 0.6) is 0 Å². The summed E-state index contributed by atoms with van der Waals surface area (Å²) >= 11 is 0. The monoisotopic (exact) mass is 1150 g/mol. The Morgan fingerprint density at radius 2 is 0.573 bits per heavy atom. The average Bonchev–Trinajstić information content (AvgIpc) is 3.48. The van der Waals surface area contributed by atoms with Gasteiger partial charge in [0.15, 0.2) is 0 Å². The number of carbonyl (C=O) groups excluding carboxylic acids is 2. The van der Waals surface area contributed by atoms with Crippen molar-refractivity contribution in [1.82, 2.24) is 5.32 Å². The van der Waals surface area contributed by atoms with Crippen LogP contribution in [-0.4, -0.2) is 47.4 Å². The molecular formula is C76H147NO5. The SMILES string of the molecule is CCCCC/C=C\CCCCCCCC(=O)OCCCCCCCCCCCCCCCCCCCCCCCCCCCCCCCCCCCC(=O)NC(CO)C(O)/C=C/CCCCCCCCCCCCCCCCCCCC. The fraction of sp³-hybridized carbons (Fsp3) is 0.921. The molecule has 0 heterocycles. The van der Waals surface area contributed by atoms with Gasteiger partial charge >= 0.3 is 5.97 Å². The molecular weight excluding hydrogens is 1010 g/mol. The third kappa shape index (κ3) is 67.5. The molecule has 0 rings (SSSR count). The third-order valence-electron chi connectivity index (χ3n) is 17.7. The van der Waals surface area contributed by atoms with Crippen LogP contribution in [0.2, 0.25) is 0 Å². The van der Waals surface area contributed by atoms with E-state index in [9.17, 15) is 19.8 Å². The molecule has 0 aromatic carbocycles. The van der Waals surface area contributed by atoms with E-state index < -0.39 is 12.1 Å². The highest BCUT2D eigenvalue weighted by Gasteiger charge is 2.18. The number of rotatable bonds is 71. The molecule has 2 unspecified atom stereocenters. The Balaban J connectivity index is 3.34. The summed E-state index contributed by atoms with van der Waals surface area (Å²) in [6.07, 6.45) is 91.4. The summed E-state index contributed by atoms with van der Waals surface area (Å²) in [5.74, 6) is -0.0469. The van der Waals surface area contributed by atoms with Gasteiger partial charge in [-0.05, 0) is 57.8 Å². The van der Waals surface area contributed by atoms with E-state index in [1.165, 1.54) is 353 Å². The summed E-state index contributed by atoms with van der Waals surface area (Å²) in [5.41, 5.74) is 0. The molecule has 0 bridgehead atoms. The Kier molecular flexibility index (Phi) is 70.4. The number of unbranched alkanes of at least 4 members (excludes halogenated alkanes) is 58. The third-order valence-corrected chi connectivity index (χ3v) is 17.7. The van der Waals surface area contributed by atoms with Crippen molar-refractivity contribution >= 4 is 11.9 Å². The number of ether oxygens (including phenoxy) is 1. The molecule has 0 radical (unpaired) electrons. The fourth-order valence-corrected chi connectivity index (χ4v) is 12.0. The molecule has 1 amide bonds. The number of amides is 1. The van der Waals surface area contributed by atoms with Gasteiger partial charge in [-0.2, -0.15) is 0 Å². The molecule has 2 atom stereocenters. The first kappa shape index (κ1) is 80.3. The minimum atomic E-state index is -0.842. The Morgan fingerprint density at radius 1 is 0.329 bits per heavy atom. The first-order valence-electron chi connectivity index (χ1n) is 37.6. The van der Waals surface area contributed by atoms with Crippen LogP contribution in [0, 0.1) is 0 Å². The molecule has 0 spiro atoms. The van der Waals surface area contributed by atoms with Crippen LogP contribution in [0.1, 0.15) is 425 Å². The molecule has 0 saturated carbocycles. The van der Waals surface area contributed by atoms with Crippen molar-refractivity contribution in [2.75, 3.05) is 13.2 Å². The van der Waals surface area contributed by atoms with Gasteiger partial charge in [0.25, 0.3) is 0 Å². The maximum absolute atomic E-state index is 12.5. The van der Waals surface area contributed by atoms with Crippen LogP contribution in [0.25, 0.3) is 0 Å². The predicted octanol–water partition coefficient (Wildman–Crippen LogP) is 24.5. The number of esters is 1. The zero-order chi connectivity index (χ0) is 59.2. The first-order chi connectivity index (χ1) is 40.5. The van der Waals surface area contributed by atoms with Crippen molar-refractivity contribution in [3.63, 3.8) is 0 Å². The van der Waals surface area contributed by atoms with Crippen LogP contribution in [-0.2, 0) is 14.3 Å². The van der Waals surface area contributed by atoms with E-state index in [1.54, 1.807) is 6.08 Å². The van der Waals surface area contributed by atoms with Crippen molar-refractivity contribution in [1.29, 1.82) is 0 Å². The van der Waals surface area contributed by atoms with Crippen molar-refractivity contribution < 1.29 is 24.5 Å². The Bertz CT molecular complexity index is 1280. The van der Waals surface area contributed by atoms with Gasteiger partial charge in [-0.15, -0.1) is 0 Å². The summed E-state index contributed by atoms with van der Waals surface area (Å²) in [7, 11) is 0. The molecule has 0 aliphatic heterocycles. The van der Waals surface area contributed by atoms with E-state index in [1.807, 2.05) is 6.08 Å². The van der Waals surface area contributed by atoms with E-state index >= 15 is 0 Å². The minimum Gasteiger partial charge on any atom is -0.466 e. The molecule has 0 aromatic heterocycles. The summed E-state index contributed by atoms with van der Waals surface area (Å²) in [5, 5.41) is 23.3. The molecule has 82 heavy (non-hydrogen) atoms. The number of aliphatic hydroxyl groups is 2. The van der Waals surface area contributed by atoms with E-state index in [-0.39, 0.29) is 18.5 Å². The zero-order valence-corrected chi connectivity index (χ0v) is 55.8. The van der Waals surface area contributed by atoms with Crippen LogP contribution < -0.4 is 5.32 Å². The number of hydrogen-bond acceptors (Lipinski definition) is 5. The van der Waals surface area contributed by atoms with Crippen LogP contribution in [0.4, 0.5) is 0 Å². The van der Waals surface area contributed by atoms with E-state index in [4.69, 9.17) is 4.74 Å². The highest BCUT2D eigenvalue weighted by atomic mass is 16.5. The lowest BCUT2D eigenvalue weighted by Crippen LogP contribution is -2.45. The lowest BCUT2D eigenvalue weighted by molar-refractivity contribution is -0.143. The quantitative estimate of drug-likeness (QED) is 0.0320. The van der Waals surface area contributed by atoms with Crippen LogP contribution in [0.3, 0.4) is 0 Å². The average molecular weight is 1160 g/mol. The molecule has 0 saturated heterocycles. The van der Waals surface area contributed by atoms with E-state index in [0.29, 0.717) is 19.4 Å². The van der Waals surface area contributed by atoms with E-state index in [0.717, 1.165) is 44.9 Å². The number of aliphatic hydroxyl groups excluding tert-OH is 2. The lowest BCUT2D eigenvalue weighted by atomic mass is 10.0. The number of allylic oxidation sites excluding steroid dienone is 3. The normalized spacial score (nSPS) is 12.6. The molecule has 3 N–H and O–H groups in total. The second-order valence-electron chi connectivity index (χ2n) is 26.0. The molecule has 6 heteroatoms. The summed E-state index contributed by atoms with van der Waals surface area (Å²) in [6, 6.07) is -0.625. The maximum atomic E-state index is 12.5. The van der Waals surface area contributed by atoms with Crippen LogP contribution >= 0.6 is 0 Å². The highest BCUT2D eigenvalue weighted by molar-refractivity contribution is 5.76. The number of nitrogens with one attached hydrogen (secondary N) is 1. The molecule has 0 fully saturated rings. The maximum Gasteiger partial charge on any atom is 0.305 e. The summed E-state index contributed by atoms with van der Waals surface area (Å²) in [6.45, 7) is 4.92. The van der Waals surface area contributed by atoms with Crippen molar-refractivity contribution in [3.8, 4) is 0 Å². The molecule has 0 aromatic rings. The largest absolute Gasteiger partial charge is 0.466 e. The van der Waals surface area contributed by atoms with E-state index in [2.05, 4.69) is 31.3 Å². The second-order valence-corrected chi connectivity index (χ2v) is 26.0. The Hall–Kier alpha value is -1.66. The standard InChI is InChI=1S/C76H147NO5/c1-3-5-7-9-11-13-15-17-18-19-20-36-39-42-45-48-52-56-60-64-68-74(79)73(72-78)77-75(80)69-65-61-57-53-49-46-43-40-37-34-32-30-28-26-24-22-21-23-25-27-29-31-33-35-38-41-44-47-51-55-59-63-67-71-82-76(81)70-66-62-58-54-50-16-14-12-10-8-6-4-2/h12,14,64,68,73-74,78-79H,3-11,13,15-63,65-67,69-72H2,1-2H3,(H,77,80)/b14-12-,68-64+. The minimum absolute atomic E-state index is 0.0120. The molecule has 486 valence electrons. The predicted molar refractivity (Wildman–Crippen MR) is 361 cm³/mol. The Labute approximate surface area is 513 Å². The zero-order valence-electron chi connectivity index (χ0n) is 55.8. The van der Waals surface area contributed by atoms with Crippen molar-refractivity contribution in [3.05, 3.63) is 24.3 Å². The first-order valence-corrected chi connectivity index (χ1v) is 37.6. The van der Waals surface area contributed by atoms with Gasteiger partial charge in [-0.25, -0.2) is 0 Å². The van der Waals surface area contributed by atoms with Crippen LogP contribution in [0.15, 0.2) is 24.3 Å². The summed E-state index contributed by atoms with van der Waals surface area (Å²) < 4.78 is 5.48. The smallest absolute Gasteiger partial charge is 0.305 e. The number of hydrogen-bond donors (Lipinski definition) is 3. The van der Waals surface area contributed by atoms with Gasteiger partial charge < -0.3 is 20.3 Å². The van der Waals surface area contributed by atoms with Gasteiger partial charge in [0.05, 0.1) is 25.4 Å². The molecule has 0 aliphatic carbocycles. The van der Waals surface area contributed by atoms with Crippen molar-refractivity contribution in [2.45, 2.75) is 437 Å². The van der Waals surface area contributed by atoms with Gasteiger partial charge in [0, 0.05) is 12.8 Å². The lowest BCUT2D eigenvalue weighted by Gasteiger charge is -2.20. The summed E-state index contributed by atoms with van der Waals surface area (Å²) in [4.78, 5) is 24.6. The van der Waals surface area contributed by atoms with Crippen molar-refractivity contribution in [2.24, 2.45) is 0 Å². The van der Waals surface area contributed by atoms with Gasteiger partial charge in [0.2, 0.25) is 5.91 Å². The second kappa shape index (κ2) is 71.8. The highest BCUT2D eigenvalue weighted by Crippen LogP contribution is 2.20. The topological polar surface area (TPSA) is 95.9 Å². The molecule has 0 aliphatic rings.